The number of nitrogens with zero attached hydrogens (tertiary/aromatic N) is 1. The summed E-state index contributed by atoms with van der Waals surface area (Å²) in [6, 6.07) is 21.6. The van der Waals surface area contributed by atoms with E-state index in [1.165, 1.54) is 11.1 Å². The van der Waals surface area contributed by atoms with Crippen LogP contribution in [0.15, 0.2) is 60.7 Å². The quantitative estimate of drug-likeness (QED) is 0.841. The highest BCUT2D eigenvalue weighted by molar-refractivity contribution is 5.85. The van der Waals surface area contributed by atoms with Gasteiger partial charge in [-0.1, -0.05) is 67.6 Å². The number of hydrogen-bond acceptors (Lipinski definition) is 2. The zero-order valence-electron chi connectivity index (χ0n) is 12.3. The van der Waals surface area contributed by atoms with Gasteiger partial charge >= 0.3 is 0 Å². The molecule has 0 spiro atoms. The first kappa shape index (κ1) is 16.0. The molecule has 2 atom stereocenters. The maximum absolute atomic E-state index is 6.12. The van der Waals surface area contributed by atoms with Crippen molar-refractivity contribution in [3.8, 4) is 0 Å². The lowest BCUT2D eigenvalue weighted by atomic mass is 9.93. The maximum atomic E-state index is 6.12. The molecule has 2 aromatic carbocycles. The van der Waals surface area contributed by atoms with Gasteiger partial charge in [-0.05, 0) is 17.7 Å². The molecule has 21 heavy (non-hydrogen) atoms. The van der Waals surface area contributed by atoms with Crippen LogP contribution in [0.5, 0.6) is 0 Å². The molecule has 1 heterocycles. The summed E-state index contributed by atoms with van der Waals surface area (Å²) in [6.07, 6.45) is 0.118. The van der Waals surface area contributed by atoms with Gasteiger partial charge in [-0.2, -0.15) is 0 Å². The Morgan fingerprint density at radius 2 is 1.52 bits per heavy atom. The van der Waals surface area contributed by atoms with Crippen LogP contribution in [0.2, 0.25) is 0 Å². The van der Waals surface area contributed by atoms with E-state index in [0.717, 1.165) is 19.7 Å². The van der Waals surface area contributed by atoms with E-state index in [4.69, 9.17) is 4.74 Å². The fraction of sp³-hybridized carbons (Fsp3) is 0.333. The average Bonchev–Trinajstić information content (AvgIpc) is 2.55. The molecule has 0 amide bonds. The van der Waals surface area contributed by atoms with E-state index < -0.39 is 0 Å². The molecule has 112 valence electrons. The second kappa shape index (κ2) is 7.60. The topological polar surface area (TPSA) is 12.5 Å². The largest absolute Gasteiger partial charge is 0.370 e. The minimum atomic E-state index is 0. The minimum absolute atomic E-state index is 0. The van der Waals surface area contributed by atoms with Crippen molar-refractivity contribution in [1.29, 1.82) is 0 Å². The molecule has 2 unspecified atom stereocenters. The van der Waals surface area contributed by atoms with Crippen LogP contribution in [0.25, 0.3) is 0 Å². The molecule has 0 aliphatic carbocycles. The Morgan fingerprint density at radius 3 is 2.10 bits per heavy atom. The predicted molar refractivity (Wildman–Crippen MR) is 88.8 cm³/mol. The standard InChI is InChI=1S/C18H21NO.ClH/c1-2-19-13-14-20-18(16-11-7-4-8-12-16)17(19)15-9-5-3-6-10-15;/h3-12,17-18H,2,13-14H2,1H3;1H. The molecule has 2 nitrogen and oxygen atoms in total. The lowest BCUT2D eigenvalue weighted by Crippen LogP contribution is -2.41. The third-order valence-electron chi connectivity index (χ3n) is 4.03. The zero-order chi connectivity index (χ0) is 13.8. The maximum Gasteiger partial charge on any atom is 0.102 e. The lowest BCUT2D eigenvalue weighted by molar-refractivity contribution is -0.0733. The van der Waals surface area contributed by atoms with Crippen LogP contribution in [0.1, 0.15) is 30.2 Å². The van der Waals surface area contributed by atoms with Gasteiger partial charge in [0.05, 0.1) is 12.6 Å². The van der Waals surface area contributed by atoms with E-state index in [2.05, 4.69) is 72.5 Å². The first-order chi connectivity index (χ1) is 9.90. The summed E-state index contributed by atoms with van der Waals surface area (Å²) in [5.41, 5.74) is 2.60. The Balaban J connectivity index is 0.00000161. The summed E-state index contributed by atoms with van der Waals surface area (Å²) in [7, 11) is 0. The van der Waals surface area contributed by atoms with Gasteiger partial charge in [0.25, 0.3) is 0 Å². The minimum Gasteiger partial charge on any atom is -0.370 e. The van der Waals surface area contributed by atoms with Gasteiger partial charge in [-0.25, -0.2) is 0 Å². The van der Waals surface area contributed by atoms with Gasteiger partial charge in [0.1, 0.15) is 6.10 Å². The van der Waals surface area contributed by atoms with E-state index in [1.54, 1.807) is 0 Å². The average molecular weight is 304 g/mol. The van der Waals surface area contributed by atoms with E-state index in [9.17, 15) is 0 Å². The molecule has 1 saturated heterocycles. The number of benzene rings is 2. The van der Waals surface area contributed by atoms with Gasteiger partial charge < -0.3 is 4.74 Å². The van der Waals surface area contributed by atoms with Crippen molar-refractivity contribution in [2.24, 2.45) is 0 Å². The summed E-state index contributed by atoms with van der Waals surface area (Å²) >= 11 is 0. The first-order valence-electron chi connectivity index (χ1n) is 7.35. The fourth-order valence-corrected chi connectivity index (χ4v) is 3.03. The second-order valence-electron chi connectivity index (χ2n) is 5.19. The zero-order valence-corrected chi connectivity index (χ0v) is 13.1. The van der Waals surface area contributed by atoms with Crippen LogP contribution < -0.4 is 0 Å². The molecule has 1 fully saturated rings. The number of ether oxygens (including phenoxy) is 1. The molecular formula is C18H22ClNO. The highest BCUT2D eigenvalue weighted by Gasteiger charge is 2.33. The predicted octanol–water partition coefficient (Wildman–Crippen LogP) is 4.24. The van der Waals surface area contributed by atoms with Crippen LogP contribution in [-0.2, 0) is 4.74 Å². The van der Waals surface area contributed by atoms with Gasteiger partial charge in [0.2, 0.25) is 0 Å². The van der Waals surface area contributed by atoms with Crippen molar-refractivity contribution in [1.82, 2.24) is 4.90 Å². The second-order valence-corrected chi connectivity index (χ2v) is 5.19. The Morgan fingerprint density at radius 1 is 0.952 bits per heavy atom. The Bertz CT molecular complexity index is 531. The number of halogens is 1. The summed E-state index contributed by atoms with van der Waals surface area (Å²) in [4.78, 5) is 2.51. The van der Waals surface area contributed by atoms with E-state index in [-0.39, 0.29) is 18.5 Å². The third kappa shape index (κ3) is 3.46. The monoisotopic (exact) mass is 303 g/mol. The molecule has 1 aliphatic rings. The van der Waals surface area contributed by atoms with Gasteiger partial charge in [0, 0.05) is 6.54 Å². The molecule has 0 N–H and O–H groups in total. The van der Waals surface area contributed by atoms with Gasteiger partial charge in [0.15, 0.2) is 0 Å². The normalized spacial score (nSPS) is 22.5. The Labute approximate surface area is 133 Å². The molecule has 0 bridgehead atoms. The molecule has 0 aromatic heterocycles. The summed E-state index contributed by atoms with van der Waals surface area (Å²) < 4.78 is 6.12. The Hall–Kier alpha value is -1.35. The van der Waals surface area contributed by atoms with Crippen molar-refractivity contribution >= 4 is 12.4 Å². The number of hydrogen-bond donors (Lipinski definition) is 0. The van der Waals surface area contributed by atoms with Crippen LogP contribution in [0, 0.1) is 0 Å². The summed E-state index contributed by atoms with van der Waals surface area (Å²) in [5.74, 6) is 0. The molecular weight excluding hydrogens is 282 g/mol. The van der Waals surface area contributed by atoms with Crippen LogP contribution >= 0.6 is 12.4 Å². The first-order valence-corrected chi connectivity index (χ1v) is 7.35. The van der Waals surface area contributed by atoms with Crippen LogP contribution in [0.4, 0.5) is 0 Å². The van der Waals surface area contributed by atoms with Gasteiger partial charge in [-0.3, -0.25) is 4.90 Å². The summed E-state index contributed by atoms with van der Waals surface area (Å²) in [5, 5.41) is 0. The van der Waals surface area contributed by atoms with E-state index >= 15 is 0 Å². The van der Waals surface area contributed by atoms with Crippen molar-refractivity contribution < 1.29 is 4.74 Å². The van der Waals surface area contributed by atoms with Crippen LogP contribution in [-0.4, -0.2) is 24.6 Å². The Kier molecular flexibility index (Phi) is 5.80. The smallest absolute Gasteiger partial charge is 0.102 e. The van der Waals surface area contributed by atoms with E-state index in [1.807, 2.05) is 0 Å². The molecule has 1 aliphatic heterocycles. The van der Waals surface area contributed by atoms with Crippen molar-refractivity contribution in [3.63, 3.8) is 0 Å². The number of rotatable bonds is 3. The van der Waals surface area contributed by atoms with Crippen molar-refractivity contribution in [2.45, 2.75) is 19.1 Å². The molecule has 3 rings (SSSR count). The third-order valence-corrected chi connectivity index (χ3v) is 4.03. The number of morpholine rings is 1. The number of likely N-dealkylation sites (N-methyl/N-ethyl adjacent to an activating group) is 1. The molecule has 0 radical (unpaired) electrons. The highest BCUT2D eigenvalue weighted by Crippen LogP contribution is 2.39. The molecule has 2 aromatic rings. The van der Waals surface area contributed by atoms with Gasteiger partial charge in [-0.15, -0.1) is 12.4 Å². The SMILES string of the molecule is CCN1CCOC(c2ccccc2)C1c1ccccc1.Cl. The van der Waals surface area contributed by atoms with Crippen molar-refractivity contribution in [2.75, 3.05) is 19.7 Å². The molecule has 0 saturated carbocycles. The fourth-order valence-electron chi connectivity index (χ4n) is 3.03. The van der Waals surface area contributed by atoms with Crippen molar-refractivity contribution in [3.05, 3.63) is 71.8 Å². The lowest BCUT2D eigenvalue weighted by Gasteiger charge is -2.41. The van der Waals surface area contributed by atoms with Crippen LogP contribution in [0.3, 0.4) is 0 Å². The summed E-state index contributed by atoms with van der Waals surface area (Å²) in [6.45, 7) is 5.08. The molecule has 3 heteroatoms. The van der Waals surface area contributed by atoms with E-state index in [0.29, 0.717) is 6.04 Å². The highest BCUT2D eigenvalue weighted by atomic mass is 35.5.